The van der Waals surface area contributed by atoms with Crippen LogP contribution >= 0.6 is 22.6 Å². The lowest BCUT2D eigenvalue weighted by Gasteiger charge is -2.30. The minimum absolute atomic E-state index is 0.00182. The number of fused-ring (bicyclic) bond motifs is 1. The summed E-state index contributed by atoms with van der Waals surface area (Å²) in [5.41, 5.74) is 3.20. The van der Waals surface area contributed by atoms with Crippen LogP contribution in [0.2, 0.25) is 0 Å². The molecule has 2 aromatic carbocycles. The van der Waals surface area contributed by atoms with Crippen LogP contribution in [0.5, 0.6) is 5.75 Å². The van der Waals surface area contributed by atoms with Crippen LogP contribution in [0.4, 0.5) is 5.69 Å². The lowest BCUT2D eigenvalue weighted by molar-refractivity contribution is -0.121. The molecule has 0 aromatic heterocycles. The van der Waals surface area contributed by atoms with Gasteiger partial charge in [-0.1, -0.05) is 24.3 Å². The second-order valence-electron chi connectivity index (χ2n) is 4.81. The van der Waals surface area contributed by atoms with Crippen LogP contribution in [-0.2, 0) is 11.3 Å². The molecule has 1 aliphatic rings. The van der Waals surface area contributed by atoms with E-state index in [4.69, 9.17) is 4.74 Å². The lowest BCUT2D eigenvalue weighted by atomic mass is 10.1. The van der Waals surface area contributed by atoms with Gasteiger partial charge in [0.05, 0.1) is 12.2 Å². The number of hydrogen-bond acceptors (Lipinski definition) is 2. The van der Waals surface area contributed by atoms with Crippen molar-refractivity contribution in [3.8, 4) is 5.75 Å². The van der Waals surface area contributed by atoms with Gasteiger partial charge in [0.2, 0.25) is 0 Å². The van der Waals surface area contributed by atoms with Gasteiger partial charge < -0.3 is 9.64 Å². The SMILES string of the molecule is Cc1ccccc1CN1C(=O)COc2cc(I)ccc21. The first-order valence-electron chi connectivity index (χ1n) is 6.42. The number of hydrogen-bond donors (Lipinski definition) is 0. The molecule has 1 aliphatic heterocycles. The summed E-state index contributed by atoms with van der Waals surface area (Å²) in [6.45, 7) is 2.76. The van der Waals surface area contributed by atoms with Crippen LogP contribution < -0.4 is 9.64 Å². The van der Waals surface area contributed by atoms with Gasteiger partial charge in [-0.05, 0) is 58.8 Å². The fourth-order valence-corrected chi connectivity index (χ4v) is 2.77. The lowest BCUT2D eigenvalue weighted by Crippen LogP contribution is -2.38. The monoisotopic (exact) mass is 379 g/mol. The van der Waals surface area contributed by atoms with Crippen molar-refractivity contribution in [1.29, 1.82) is 0 Å². The molecular weight excluding hydrogens is 365 g/mol. The molecule has 0 fully saturated rings. The van der Waals surface area contributed by atoms with Crippen LogP contribution in [0.3, 0.4) is 0 Å². The molecule has 2 aromatic rings. The summed E-state index contributed by atoms with van der Waals surface area (Å²) in [6.07, 6.45) is 0. The number of benzene rings is 2. The predicted octanol–water partition coefficient (Wildman–Crippen LogP) is 3.53. The molecule has 0 atom stereocenters. The van der Waals surface area contributed by atoms with Crippen LogP contribution in [0, 0.1) is 10.5 Å². The molecule has 0 unspecified atom stereocenters. The zero-order valence-electron chi connectivity index (χ0n) is 11.1. The van der Waals surface area contributed by atoms with E-state index >= 15 is 0 Å². The third-order valence-corrected chi connectivity index (χ3v) is 4.13. The van der Waals surface area contributed by atoms with Crippen molar-refractivity contribution < 1.29 is 9.53 Å². The van der Waals surface area contributed by atoms with E-state index in [-0.39, 0.29) is 12.5 Å². The Labute approximate surface area is 131 Å². The van der Waals surface area contributed by atoms with Crippen LogP contribution in [0.1, 0.15) is 11.1 Å². The summed E-state index contributed by atoms with van der Waals surface area (Å²) in [5.74, 6) is 0.784. The van der Waals surface area contributed by atoms with E-state index in [1.54, 1.807) is 4.90 Å². The van der Waals surface area contributed by atoms with Crippen molar-refractivity contribution >= 4 is 34.2 Å². The van der Waals surface area contributed by atoms with E-state index in [9.17, 15) is 4.79 Å². The molecule has 0 saturated heterocycles. The fraction of sp³-hybridized carbons (Fsp3) is 0.188. The Kier molecular flexibility index (Phi) is 3.65. The summed E-state index contributed by atoms with van der Waals surface area (Å²) in [5, 5.41) is 0. The Balaban J connectivity index is 1.97. The average Bonchev–Trinajstić information content (AvgIpc) is 2.44. The molecule has 3 rings (SSSR count). The molecule has 0 N–H and O–H groups in total. The van der Waals surface area contributed by atoms with Crippen molar-refractivity contribution in [3.63, 3.8) is 0 Å². The van der Waals surface area contributed by atoms with Crippen molar-refractivity contribution in [2.24, 2.45) is 0 Å². The topological polar surface area (TPSA) is 29.5 Å². The smallest absolute Gasteiger partial charge is 0.265 e. The molecule has 102 valence electrons. The van der Waals surface area contributed by atoms with Crippen molar-refractivity contribution in [1.82, 2.24) is 0 Å². The number of halogens is 1. The highest BCUT2D eigenvalue weighted by Gasteiger charge is 2.25. The number of nitrogens with zero attached hydrogens (tertiary/aromatic N) is 1. The third-order valence-electron chi connectivity index (χ3n) is 3.45. The number of amides is 1. The molecular formula is C16H14INO2. The van der Waals surface area contributed by atoms with Gasteiger partial charge in [0.1, 0.15) is 5.75 Å². The Morgan fingerprint density at radius 2 is 2.05 bits per heavy atom. The molecule has 4 heteroatoms. The van der Waals surface area contributed by atoms with Gasteiger partial charge in [-0.25, -0.2) is 0 Å². The van der Waals surface area contributed by atoms with E-state index in [0.717, 1.165) is 20.6 Å². The maximum Gasteiger partial charge on any atom is 0.265 e. The van der Waals surface area contributed by atoms with E-state index < -0.39 is 0 Å². The van der Waals surface area contributed by atoms with Gasteiger partial charge in [0, 0.05) is 3.57 Å². The standard InChI is InChI=1S/C16H14INO2/c1-11-4-2-3-5-12(11)9-18-14-7-6-13(17)8-15(14)20-10-16(18)19/h2-8H,9-10H2,1H3. The van der Waals surface area contributed by atoms with Gasteiger partial charge in [-0.15, -0.1) is 0 Å². The first kappa shape index (κ1) is 13.4. The minimum Gasteiger partial charge on any atom is -0.482 e. The highest BCUT2D eigenvalue weighted by molar-refractivity contribution is 14.1. The molecule has 0 radical (unpaired) electrons. The Morgan fingerprint density at radius 3 is 2.85 bits per heavy atom. The summed E-state index contributed by atoms with van der Waals surface area (Å²) in [4.78, 5) is 14.0. The number of rotatable bonds is 2. The van der Waals surface area contributed by atoms with Crippen LogP contribution in [0.25, 0.3) is 0 Å². The molecule has 0 bridgehead atoms. The van der Waals surface area contributed by atoms with E-state index in [1.165, 1.54) is 5.56 Å². The first-order chi connectivity index (χ1) is 9.65. The maximum absolute atomic E-state index is 12.2. The summed E-state index contributed by atoms with van der Waals surface area (Å²) < 4.78 is 6.62. The van der Waals surface area contributed by atoms with Crippen LogP contribution in [-0.4, -0.2) is 12.5 Å². The second-order valence-corrected chi connectivity index (χ2v) is 6.05. The van der Waals surface area contributed by atoms with Crippen molar-refractivity contribution in [2.45, 2.75) is 13.5 Å². The Bertz CT molecular complexity index is 669. The third kappa shape index (κ3) is 2.52. The number of anilines is 1. The predicted molar refractivity (Wildman–Crippen MR) is 87.0 cm³/mol. The molecule has 20 heavy (non-hydrogen) atoms. The van der Waals surface area contributed by atoms with Crippen LogP contribution in [0.15, 0.2) is 42.5 Å². The number of carbonyl (C=O) groups excluding carboxylic acids is 1. The summed E-state index contributed by atoms with van der Waals surface area (Å²) in [6, 6.07) is 14.0. The fourth-order valence-electron chi connectivity index (χ4n) is 2.31. The largest absolute Gasteiger partial charge is 0.482 e. The summed E-state index contributed by atoms with van der Waals surface area (Å²) >= 11 is 2.24. The quantitative estimate of drug-likeness (QED) is 0.748. The van der Waals surface area contributed by atoms with Gasteiger partial charge in [0.25, 0.3) is 5.91 Å². The number of carbonyl (C=O) groups is 1. The average molecular weight is 379 g/mol. The normalized spacial score (nSPS) is 13.9. The second kappa shape index (κ2) is 5.44. The van der Waals surface area contributed by atoms with Gasteiger partial charge in [-0.3, -0.25) is 4.79 Å². The first-order valence-corrected chi connectivity index (χ1v) is 7.50. The molecule has 0 spiro atoms. The van der Waals surface area contributed by atoms with E-state index in [2.05, 4.69) is 41.6 Å². The summed E-state index contributed by atoms with van der Waals surface area (Å²) in [7, 11) is 0. The zero-order valence-corrected chi connectivity index (χ0v) is 13.3. The minimum atomic E-state index is 0.00182. The Morgan fingerprint density at radius 1 is 1.25 bits per heavy atom. The highest BCUT2D eigenvalue weighted by Crippen LogP contribution is 2.34. The van der Waals surface area contributed by atoms with Crippen molar-refractivity contribution in [2.75, 3.05) is 11.5 Å². The van der Waals surface area contributed by atoms with Crippen molar-refractivity contribution in [3.05, 3.63) is 57.2 Å². The molecule has 1 heterocycles. The molecule has 0 saturated carbocycles. The Hall–Kier alpha value is -1.56. The molecule has 3 nitrogen and oxygen atoms in total. The molecule has 1 amide bonds. The number of aryl methyl sites for hydroxylation is 1. The van der Waals surface area contributed by atoms with E-state index in [0.29, 0.717) is 6.54 Å². The molecule has 0 aliphatic carbocycles. The maximum atomic E-state index is 12.2. The number of ether oxygens (including phenoxy) is 1. The van der Waals surface area contributed by atoms with Gasteiger partial charge >= 0.3 is 0 Å². The highest BCUT2D eigenvalue weighted by atomic mass is 127. The van der Waals surface area contributed by atoms with Gasteiger partial charge in [0.15, 0.2) is 6.61 Å². The van der Waals surface area contributed by atoms with Gasteiger partial charge in [-0.2, -0.15) is 0 Å². The zero-order chi connectivity index (χ0) is 14.1. The van der Waals surface area contributed by atoms with E-state index in [1.807, 2.05) is 30.3 Å².